The molecule has 5 nitrogen and oxygen atoms in total. The Hall–Kier alpha value is -0.640. The highest BCUT2D eigenvalue weighted by atomic mass is 32.2. The molecule has 0 spiro atoms. The molecule has 0 fully saturated rings. The molecular formula is C9H19N3O2S. The van der Waals surface area contributed by atoms with E-state index in [1.165, 1.54) is 6.92 Å². The molecule has 0 radical (unpaired) electrons. The quantitative estimate of drug-likeness (QED) is 0.691. The Bertz CT molecular complexity index is 319. The third kappa shape index (κ3) is 3.45. The summed E-state index contributed by atoms with van der Waals surface area (Å²) in [6, 6.07) is 1.71. The summed E-state index contributed by atoms with van der Waals surface area (Å²) < 4.78 is 25.9. The zero-order valence-corrected chi connectivity index (χ0v) is 10.3. The summed E-state index contributed by atoms with van der Waals surface area (Å²) in [6.07, 6.45) is 1.22. The van der Waals surface area contributed by atoms with Gasteiger partial charge in [0, 0.05) is 12.1 Å². The van der Waals surface area contributed by atoms with Gasteiger partial charge < -0.3 is 5.73 Å². The summed E-state index contributed by atoms with van der Waals surface area (Å²) >= 11 is 0. The average Bonchev–Trinajstić information content (AvgIpc) is 2.24. The van der Waals surface area contributed by atoms with Crippen molar-refractivity contribution in [2.45, 2.75) is 44.4 Å². The first-order chi connectivity index (χ1) is 6.87. The molecule has 0 aromatic carbocycles. The maximum Gasteiger partial charge on any atom is 0.228 e. The molecule has 3 N–H and O–H groups in total. The lowest BCUT2D eigenvalue weighted by Crippen LogP contribution is -2.54. The molecule has 0 aliphatic heterocycles. The summed E-state index contributed by atoms with van der Waals surface area (Å²) in [6.45, 7) is 5.33. The fraction of sp³-hybridized carbons (Fsp3) is 0.889. The number of hydrogen-bond donors (Lipinski definition) is 2. The van der Waals surface area contributed by atoms with Gasteiger partial charge in [0.15, 0.2) is 5.25 Å². The molecule has 0 aromatic heterocycles. The molecule has 0 amide bonds. The second-order valence-corrected chi connectivity index (χ2v) is 5.61. The van der Waals surface area contributed by atoms with Gasteiger partial charge in [-0.3, -0.25) is 0 Å². The number of nitrogens with two attached hydrogens (primary N) is 1. The highest BCUT2D eigenvalue weighted by Crippen LogP contribution is 2.16. The van der Waals surface area contributed by atoms with Gasteiger partial charge in [0.05, 0.1) is 6.07 Å². The molecule has 0 heterocycles. The fourth-order valence-corrected chi connectivity index (χ4v) is 2.48. The normalized spacial score (nSPS) is 14.6. The van der Waals surface area contributed by atoms with Crippen LogP contribution in [0, 0.1) is 11.3 Å². The predicted octanol–water partition coefficient (Wildman–Crippen LogP) is 0.335. The van der Waals surface area contributed by atoms with Crippen LogP contribution in [0.4, 0.5) is 0 Å². The second kappa shape index (κ2) is 5.45. The summed E-state index contributed by atoms with van der Waals surface area (Å²) in [4.78, 5) is 0. The molecule has 0 rings (SSSR count). The van der Waals surface area contributed by atoms with Crippen LogP contribution in [0.15, 0.2) is 0 Å². The van der Waals surface area contributed by atoms with E-state index >= 15 is 0 Å². The SMILES string of the molecule is CCC(CC)(CN)NS(=O)(=O)C(C)C#N. The van der Waals surface area contributed by atoms with Crippen LogP contribution in [-0.4, -0.2) is 25.8 Å². The van der Waals surface area contributed by atoms with Crippen LogP contribution < -0.4 is 10.5 Å². The second-order valence-electron chi connectivity index (χ2n) is 3.61. The highest BCUT2D eigenvalue weighted by molar-refractivity contribution is 7.90. The van der Waals surface area contributed by atoms with Gasteiger partial charge in [-0.15, -0.1) is 0 Å². The summed E-state index contributed by atoms with van der Waals surface area (Å²) in [5.41, 5.74) is 4.95. The Morgan fingerprint density at radius 3 is 2.20 bits per heavy atom. The molecule has 6 heteroatoms. The van der Waals surface area contributed by atoms with Crippen molar-refractivity contribution < 1.29 is 8.42 Å². The standard InChI is InChI=1S/C9H19N3O2S/c1-4-9(5-2,7-11)12-15(13,14)8(3)6-10/h8,12H,4-5,7,11H2,1-3H3. The first-order valence-electron chi connectivity index (χ1n) is 5.00. The van der Waals surface area contributed by atoms with Gasteiger partial charge in [0.25, 0.3) is 0 Å². The van der Waals surface area contributed by atoms with Crippen molar-refractivity contribution in [1.29, 1.82) is 5.26 Å². The molecule has 15 heavy (non-hydrogen) atoms. The van der Waals surface area contributed by atoms with Crippen molar-refractivity contribution in [3.8, 4) is 6.07 Å². The third-order valence-corrected chi connectivity index (χ3v) is 4.50. The summed E-state index contributed by atoms with van der Waals surface area (Å²) in [7, 11) is -3.60. The highest BCUT2D eigenvalue weighted by Gasteiger charge is 2.32. The van der Waals surface area contributed by atoms with E-state index in [9.17, 15) is 8.42 Å². The molecule has 0 aromatic rings. The van der Waals surface area contributed by atoms with Crippen LogP contribution in [-0.2, 0) is 10.0 Å². The molecule has 1 unspecified atom stereocenters. The predicted molar refractivity (Wildman–Crippen MR) is 59.5 cm³/mol. The van der Waals surface area contributed by atoms with Crippen molar-refractivity contribution in [2.75, 3.05) is 6.54 Å². The Morgan fingerprint density at radius 2 is 1.93 bits per heavy atom. The van der Waals surface area contributed by atoms with E-state index in [1.807, 2.05) is 13.8 Å². The van der Waals surface area contributed by atoms with Gasteiger partial charge in [0.1, 0.15) is 0 Å². The minimum Gasteiger partial charge on any atom is -0.329 e. The maximum absolute atomic E-state index is 11.7. The molecular weight excluding hydrogens is 214 g/mol. The molecule has 0 aliphatic rings. The Kier molecular flexibility index (Phi) is 5.21. The zero-order chi connectivity index (χ0) is 12.1. The van der Waals surface area contributed by atoms with E-state index in [4.69, 9.17) is 11.0 Å². The number of nitriles is 1. The zero-order valence-electron chi connectivity index (χ0n) is 9.45. The van der Waals surface area contributed by atoms with Gasteiger partial charge >= 0.3 is 0 Å². The number of sulfonamides is 1. The van der Waals surface area contributed by atoms with Crippen LogP contribution in [0.1, 0.15) is 33.6 Å². The molecule has 0 bridgehead atoms. The van der Waals surface area contributed by atoms with Crippen molar-refractivity contribution >= 4 is 10.0 Å². The first-order valence-corrected chi connectivity index (χ1v) is 6.54. The Morgan fingerprint density at radius 1 is 1.47 bits per heavy atom. The van der Waals surface area contributed by atoms with Crippen molar-refractivity contribution in [2.24, 2.45) is 5.73 Å². The van der Waals surface area contributed by atoms with Gasteiger partial charge in [-0.2, -0.15) is 5.26 Å². The van der Waals surface area contributed by atoms with E-state index in [0.717, 1.165) is 0 Å². The minimum atomic E-state index is -3.60. The number of nitrogens with one attached hydrogen (secondary N) is 1. The van der Waals surface area contributed by atoms with Gasteiger partial charge in [-0.25, -0.2) is 13.1 Å². The largest absolute Gasteiger partial charge is 0.329 e. The van der Waals surface area contributed by atoms with E-state index in [2.05, 4.69) is 4.72 Å². The topological polar surface area (TPSA) is 96.0 Å². The lowest BCUT2D eigenvalue weighted by Gasteiger charge is -2.31. The molecule has 88 valence electrons. The van der Waals surface area contributed by atoms with E-state index in [0.29, 0.717) is 12.8 Å². The van der Waals surface area contributed by atoms with Crippen molar-refractivity contribution in [1.82, 2.24) is 4.72 Å². The Labute approximate surface area is 91.7 Å². The summed E-state index contributed by atoms with van der Waals surface area (Å²) in [5, 5.41) is 7.53. The van der Waals surface area contributed by atoms with E-state index in [-0.39, 0.29) is 6.54 Å². The van der Waals surface area contributed by atoms with E-state index < -0.39 is 20.8 Å². The minimum absolute atomic E-state index is 0.234. The van der Waals surface area contributed by atoms with Crippen LogP contribution in [0.3, 0.4) is 0 Å². The maximum atomic E-state index is 11.7. The van der Waals surface area contributed by atoms with Crippen molar-refractivity contribution in [3.05, 3.63) is 0 Å². The van der Waals surface area contributed by atoms with Gasteiger partial charge in [-0.1, -0.05) is 13.8 Å². The van der Waals surface area contributed by atoms with Gasteiger partial charge in [-0.05, 0) is 19.8 Å². The Balaban J connectivity index is 4.92. The van der Waals surface area contributed by atoms with Crippen LogP contribution in [0.25, 0.3) is 0 Å². The third-order valence-electron chi connectivity index (χ3n) is 2.75. The molecule has 0 saturated heterocycles. The number of hydrogen-bond acceptors (Lipinski definition) is 4. The number of rotatable bonds is 6. The van der Waals surface area contributed by atoms with Crippen LogP contribution in [0.2, 0.25) is 0 Å². The lowest BCUT2D eigenvalue weighted by atomic mass is 9.95. The van der Waals surface area contributed by atoms with Crippen LogP contribution >= 0.6 is 0 Å². The molecule has 0 saturated carbocycles. The van der Waals surface area contributed by atoms with Crippen LogP contribution in [0.5, 0.6) is 0 Å². The summed E-state index contributed by atoms with van der Waals surface area (Å²) in [5.74, 6) is 0. The average molecular weight is 233 g/mol. The fourth-order valence-electron chi connectivity index (χ4n) is 1.18. The lowest BCUT2D eigenvalue weighted by molar-refractivity contribution is 0.362. The molecule has 0 aliphatic carbocycles. The number of nitrogens with zero attached hydrogens (tertiary/aromatic N) is 1. The smallest absolute Gasteiger partial charge is 0.228 e. The first kappa shape index (κ1) is 14.4. The van der Waals surface area contributed by atoms with E-state index in [1.54, 1.807) is 6.07 Å². The monoisotopic (exact) mass is 233 g/mol. The van der Waals surface area contributed by atoms with Crippen molar-refractivity contribution in [3.63, 3.8) is 0 Å². The molecule has 1 atom stereocenters. The van der Waals surface area contributed by atoms with Gasteiger partial charge in [0.2, 0.25) is 10.0 Å².